The first-order valence-electron chi connectivity index (χ1n) is 10.0. The van der Waals surface area contributed by atoms with Crippen molar-refractivity contribution in [2.75, 3.05) is 0 Å². The zero-order valence-corrected chi connectivity index (χ0v) is 19.0. The molecule has 0 N–H and O–H groups in total. The van der Waals surface area contributed by atoms with Gasteiger partial charge in [-0.2, -0.15) is 17.5 Å². The maximum absolute atomic E-state index is 13.2. The molecule has 2 aromatic heterocycles. The predicted octanol–water partition coefficient (Wildman–Crippen LogP) is 4.93. The molecule has 2 aromatic carbocycles. The molecule has 0 saturated carbocycles. The van der Waals surface area contributed by atoms with Crippen molar-refractivity contribution >= 4 is 21.6 Å². The maximum atomic E-state index is 13.2. The summed E-state index contributed by atoms with van der Waals surface area (Å²) in [5, 5.41) is 0.684. The molecule has 0 bridgehead atoms. The van der Waals surface area contributed by atoms with Crippen LogP contribution in [0.15, 0.2) is 52.1 Å². The highest BCUT2D eigenvalue weighted by Gasteiger charge is 2.35. The van der Waals surface area contributed by atoms with Gasteiger partial charge in [0, 0.05) is 24.1 Å². The number of hydrogen-bond acceptors (Lipinski definition) is 5. The minimum atomic E-state index is -4.82. The monoisotopic (exact) mass is 475 g/mol. The predicted molar refractivity (Wildman–Crippen MR) is 121 cm³/mol. The molecule has 0 radical (unpaired) electrons. The van der Waals surface area contributed by atoms with Gasteiger partial charge in [-0.1, -0.05) is 0 Å². The SMILES string of the molecule is Cc1cc(-c2nsc3ccc(-n4c(=O)cc(C(F)(F)F)n(C)c4=O)cc23)ccc1OC(C)C. The van der Waals surface area contributed by atoms with Crippen LogP contribution < -0.4 is 16.0 Å². The first-order valence-corrected chi connectivity index (χ1v) is 10.8. The Hall–Kier alpha value is -3.40. The van der Waals surface area contributed by atoms with Crippen molar-refractivity contribution in [3.05, 3.63) is 74.6 Å². The molecule has 10 heteroatoms. The van der Waals surface area contributed by atoms with Gasteiger partial charge in [-0.15, -0.1) is 0 Å². The summed E-state index contributed by atoms with van der Waals surface area (Å²) in [7, 11) is 0.987. The number of rotatable bonds is 4. The second-order valence-electron chi connectivity index (χ2n) is 7.90. The lowest BCUT2D eigenvalue weighted by molar-refractivity contribution is -0.144. The maximum Gasteiger partial charge on any atom is 0.431 e. The first-order chi connectivity index (χ1) is 15.5. The van der Waals surface area contributed by atoms with E-state index >= 15 is 0 Å². The van der Waals surface area contributed by atoms with Gasteiger partial charge in [-0.3, -0.25) is 9.36 Å². The highest BCUT2D eigenvalue weighted by atomic mass is 32.1. The molecule has 33 heavy (non-hydrogen) atoms. The van der Waals surface area contributed by atoms with E-state index in [0.717, 1.165) is 33.2 Å². The topological polar surface area (TPSA) is 66.1 Å². The lowest BCUT2D eigenvalue weighted by Gasteiger charge is -2.14. The van der Waals surface area contributed by atoms with E-state index < -0.39 is 23.1 Å². The molecule has 2 heterocycles. The van der Waals surface area contributed by atoms with Crippen LogP contribution in [0.2, 0.25) is 0 Å². The lowest BCUT2D eigenvalue weighted by atomic mass is 10.0. The fourth-order valence-electron chi connectivity index (χ4n) is 3.59. The average Bonchev–Trinajstić information content (AvgIpc) is 3.14. The Bertz CT molecular complexity index is 1480. The zero-order valence-electron chi connectivity index (χ0n) is 18.2. The zero-order chi connectivity index (χ0) is 24.1. The number of aryl methyl sites for hydroxylation is 1. The minimum Gasteiger partial charge on any atom is -0.491 e. The molecule has 0 fully saturated rings. The van der Waals surface area contributed by atoms with Crippen LogP contribution in [0.1, 0.15) is 25.1 Å². The molecule has 0 amide bonds. The van der Waals surface area contributed by atoms with Gasteiger partial charge >= 0.3 is 11.9 Å². The van der Waals surface area contributed by atoms with Gasteiger partial charge in [0.2, 0.25) is 0 Å². The van der Waals surface area contributed by atoms with Crippen LogP contribution in [0.4, 0.5) is 13.2 Å². The quantitative estimate of drug-likeness (QED) is 0.420. The Morgan fingerprint density at radius 2 is 1.79 bits per heavy atom. The number of nitrogens with zero attached hydrogens (tertiary/aromatic N) is 3. The largest absolute Gasteiger partial charge is 0.491 e. The first kappa shape index (κ1) is 22.8. The number of alkyl halides is 3. The van der Waals surface area contributed by atoms with E-state index in [4.69, 9.17) is 4.74 Å². The van der Waals surface area contributed by atoms with Crippen molar-refractivity contribution < 1.29 is 17.9 Å². The molecule has 4 aromatic rings. The van der Waals surface area contributed by atoms with Gasteiger partial charge < -0.3 is 4.74 Å². The molecular formula is C23H20F3N3O3S. The summed E-state index contributed by atoms with van der Waals surface area (Å²) in [6.07, 6.45) is -4.79. The summed E-state index contributed by atoms with van der Waals surface area (Å²) in [6, 6.07) is 10.9. The number of benzene rings is 2. The number of fused-ring (bicyclic) bond motifs is 1. The van der Waals surface area contributed by atoms with E-state index in [0.29, 0.717) is 21.7 Å². The molecule has 4 rings (SSSR count). The molecule has 6 nitrogen and oxygen atoms in total. The van der Waals surface area contributed by atoms with Crippen LogP contribution in [0, 0.1) is 6.92 Å². The molecule has 0 aliphatic heterocycles. The van der Waals surface area contributed by atoms with Crippen LogP contribution in [0.5, 0.6) is 5.75 Å². The lowest BCUT2D eigenvalue weighted by Crippen LogP contribution is -2.40. The average molecular weight is 475 g/mol. The molecule has 172 valence electrons. The van der Waals surface area contributed by atoms with Gasteiger partial charge in [0.05, 0.1) is 22.2 Å². The summed E-state index contributed by atoms with van der Waals surface area (Å²) in [5.74, 6) is 0.758. The van der Waals surface area contributed by atoms with Crippen molar-refractivity contribution in [1.82, 2.24) is 13.5 Å². The van der Waals surface area contributed by atoms with Crippen molar-refractivity contribution in [2.45, 2.75) is 33.1 Å². The second kappa shape index (κ2) is 8.18. The summed E-state index contributed by atoms with van der Waals surface area (Å²) in [4.78, 5) is 25.1. The highest BCUT2D eigenvalue weighted by Crippen LogP contribution is 2.34. The third kappa shape index (κ3) is 4.18. The number of aromatic nitrogens is 3. The van der Waals surface area contributed by atoms with E-state index in [2.05, 4.69) is 4.37 Å². The van der Waals surface area contributed by atoms with Gasteiger partial charge in [-0.25, -0.2) is 9.36 Å². The Kier molecular flexibility index (Phi) is 5.65. The van der Waals surface area contributed by atoms with Crippen LogP contribution in [-0.4, -0.2) is 19.6 Å². The molecule has 0 spiro atoms. The van der Waals surface area contributed by atoms with Crippen LogP contribution in [0.25, 0.3) is 27.0 Å². The van der Waals surface area contributed by atoms with Crippen molar-refractivity contribution in [1.29, 1.82) is 0 Å². The van der Waals surface area contributed by atoms with Crippen LogP contribution in [-0.2, 0) is 13.2 Å². The third-order valence-corrected chi connectivity index (χ3v) is 5.96. The Morgan fingerprint density at radius 1 is 1.06 bits per heavy atom. The highest BCUT2D eigenvalue weighted by molar-refractivity contribution is 7.13. The minimum absolute atomic E-state index is 0.0295. The van der Waals surface area contributed by atoms with E-state index in [-0.39, 0.29) is 11.8 Å². The van der Waals surface area contributed by atoms with Crippen molar-refractivity contribution in [3.63, 3.8) is 0 Å². The van der Waals surface area contributed by atoms with E-state index in [1.165, 1.54) is 17.6 Å². The smallest absolute Gasteiger partial charge is 0.431 e. The number of hydrogen-bond donors (Lipinski definition) is 0. The van der Waals surface area contributed by atoms with Gasteiger partial charge in [0.25, 0.3) is 5.56 Å². The summed E-state index contributed by atoms with van der Waals surface area (Å²) in [6.45, 7) is 5.80. The van der Waals surface area contributed by atoms with Crippen molar-refractivity contribution in [3.8, 4) is 22.7 Å². The van der Waals surface area contributed by atoms with Crippen molar-refractivity contribution in [2.24, 2.45) is 7.05 Å². The van der Waals surface area contributed by atoms with E-state index in [1.807, 2.05) is 39.0 Å². The molecule has 0 atom stereocenters. The Labute approximate surface area is 190 Å². The summed E-state index contributed by atoms with van der Waals surface area (Å²) >= 11 is 1.25. The fourth-order valence-corrected chi connectivity index (χ4v) is 4.37. The Morgan fingerprint density at radius 3 is 2.42 bits per heavy atom. The second-order valence-corrected chi connectivity index (χ2v) is 8.71. The van der Waals surface area contributed by atoms with Gasteiger partial charge in [0.15, 0.2) is 0 Å². The van der Waals surface area contributed by atoms with E-state index in [1.54, 1.807) is 12.1 Å². The molecular weight excluding hydrogens is 455 g/mol. The standard InChI is InChI=1S/C23H20F3N3O3S/c1-12(2)32-17-7-5-14(9-13(17)3)21-16-10-15(6-8-18(16)33-27-21)29-20(30)11-19(23(24,25)26)28(4)22(29)31/h5-12H,1-4H3. The number of ether oxygens (including phenoxy) is 1. The molecule has 0 saturated heterocycles. The molecule has 0 unspecified atom stereocenters. The van der Waals surface area contributed by atoms with E-state index in [9.17, 15) is 22.8 Å². The van der Waals surface area contributed by atoms with Gasteiger partial charge in [0.1, 0.15) is 11.4 Å². The molecule has 0 aliphatic carbocycles. The van der Waals surface area contributed by atoms with Crippen LogP contribution in [0.3, 0.4) is 0 Å². The van der Waals surface area contributed by atoms with Gasteiger partial charge in [-0.05, 0) is 74.3 Å². The molecule has 0 aliphatic rings. The third-order valence-electron chi connectivity index (χ3n) is 5.13. The number of halogens is 3. The Balaban J connectivity index is 1.86. The summed E-state index contributed by atoms with van der Waals surface area (Å²) < 4.78 is 51.7. The van der Waals surface area contributed by atoms with Crippen LogP contribution >= 0.6 is 11.5 Å². The normalized spacial score (nSPS) is 12.0. The summed E-state index contributed by atoms with van der Waals surface area (Å²) in [5.41, 5.74) is -0.879. The fraction of sp³-hybridized carbons (Fsp3) is 0.261.